The van der Waals surface area contributed by atoms with Gasteiger partial charge in [0, 0.05) is 19.2 Å². The molecule has 0 unspecified atom stereocenters. The van der Waals surface area contributed by atoms with Crippen molar-refractivity contribution in [1.29, 1.82) is 0 Å². The van der Waals surface area contributed by atoms with Gasteiger partial charge in [0.05, 0.1) is 18.4 Å². The Labute approximate surface area is 112 Å². The smallest absolute Gasteiger partial charge is 0.170 e. The molecule has 0 amide bonds. The van der Waals surface area contributed by atoms with E-state index in [-0.39, 0.29) is 11.9 Å². The summed E-state index contributed by atoms with van der Waals surface area (Å²) in [6.07, 6.45) is 0.154. The monoisotopic (exact) mass is 269 g/mol. The van der Waals surface area contributed by atoms with Crippen molar-refractivity contribution >= 4 is 11.5 Å². The maximum absolute atomic E-state index is 13.9. The van der Waals surface area contributed by atoms with Crippen LogP contribution in [0.3, 0.4) is 0 Å². The zero-order valence-electron chi connectivity index (χ0n) is 11.4. The van der Waals surface area contributed by atoms with Gasteiger partial charge >= 0.3 is 0 Å². The third-order valence-electron chi connectivity index (χ3n) is 2.64. The van der Waals surface area contributed by atoms with Crippen molar-refractivity contribution in [2.24, 2.45) is 10.9 Å². The third kappa shape index (κ3) is 4.40. The predicted octanol–water partition coefficient (Wildman–Crippen LogP) is 1.78. The Balaban J connectivity index is 2.73. The van der Waals surface area contributed by atoms with Gasteiger partial charge in [-0.15, -0.1) is 0 Å². The van der Waals surface area contributed by atoms with E-state index in [9.17, 15) is 4.39 Å². The zero-order valence-corrected chi connectivity index (χ0v) is 11.4. The van der Waals surface area contributed by atoms with Gasteiger partial charge in [-0.3, -0.25) is 0 Å². The minimum absolute atomic E-state index is 0.115. The molecule has 0 saturated carbocycles. The molecule has 0 spiro atoms. The predicted molar refractivity (Wildman–Crippen MR) is 73.3 cm³/mol. The number of hydrogen-bond acceptors (Lipinski definition) is 4. The molecule has 5 nitrogen and oxygen atoms in total. The number of amidine groups is 1. The van der Waals surface area contributed by atoms with E-state index in [1.165, 1.54) is 6.07 Å². The average molecular weight is 269 g/mol. The van der Waals surface area contributed by atoms with E-state index in [0.717, 1.165) is 0 Å². The Bertz CT molecular complexity index is 450. The van der Waals surface area contributed by atoms with Crippen LogP contribution in [0.4, 0.5) is 10.1 Å². The number of oxime groups is 1. The molecule has 0 aliphatic carbocycles. The van der Waals surface area contributed by atoms with Gasteiger partial charge in [-0.1, -0.05) is 5.16 Å². The minimum Gasteiger partial charge on any atom is -0.409 e. The van der Waals surface area contributed by atoms with Gasteiger partial charge in [-0.25, -0.2) is 4.39 Å². The van der Waals surface area contributed by atoms with Crippen molar-refractivity contribution in [2.75, 3.05) is 25.1 Å². The quantitative estimate of drug-likeness (QED) is 0.357. The summed E-state index contributed by atoms with van der Waals surface area (Å²) >= 11 is 0. The van der Waals surface area contributed by atoms with Crippen molar-refractivity contribution < 1.29 is 14.3 Å². The molecule has 0 aliphatic rings. The number of nitrogens with zero attached hydrogens (tertiary/aromatic N) is 2. The van der Waals surface area contributed by atoms with Crippen molar-refractivity contribution in [3.8, 4) is 0 Å². The van der Waals surface area contributed by atoms with E-state index in [0.29, 0.717) is 24.4 Å². The van der Waals surface area contributed by atoms with Crippen LogP contribution in [0.15, 0.2) is 23.4 Å². The van der Waals surface area contributed by atoms with Crippen molar-refractivity contribution in [1.82, 2.24) is 0 Å². The number of hydrogen-bond donors (Lipinski definition) is 2. The highest BCUT2D eigenvalue weighted by molar-refractivity contribution is 5.97. The largest absolute Gasteiger partial charge is 0.409 e. The zero-order chi connectivity index (χ0) is 14.4. The van der Waals surface area contributed by atoms with E-state index in [2.05, 4.69) is 5.16 Å². The van der Waals surface area contributed by atoms with Gasteiger partial charge < -0.3 is 20.6 Å². The summed E-state index contributed by atoms with van der Waals surface area (Å²) in [5.41, 5.74) is 6.19. The second-order valence-corrected chi connectivity index (χ2v) is 4.49. The number of rotatable bonds is 6. The first-order valence-electron chi connectivity index (χ1n) is 6.06. The number of halogens is 1. The SMILES string of the molecule is CC(C)OCCN(C)c1ccc(/C(N)=N/O)cc1F. The molecule has 0 aliphatic heterocycles. The summed E-state index contributed by atoms with van der Waals surface area (Å²) in [5, 5.41) is 11.4. The fraction of sp³-hybridized carbons (Fsp3) is 0.462. The van der Waals surface area contributed by atoms with Crippen LogP contribution in [-0.4, -0.2) is 37.3 Å². The molecule has 19 heavy (non-hydrogen) atoms. The molecule has 0 aromatic heterocycles. The van der Waals surface area contributed by atoms with E-state index < -0.39 is 5.82 Å². The van der Waals surface area contributed by atoms with Crippen LogP contribution in [0.2, 0.25) is 0 Å². The first-order chi connectivity index (χ1) is 8.95. The molecule has 3 N–H and O–H groups in total. The molecule has 0 atom stereocenters. The van der Waals surface area contributed by atoms with Gasteiger partial charge in [0.2, 0.25) is 0 Å². The number of anilines is 1. The van der Waals surface area contributed by atoms with Crippen molar-refractivity contribution in [2.45, 2.75) is 20.0 Å². The third-order valence-corrected chi connectivity index (χ3v) is 2.64. The second-order valence-electron chi connectivity index (χ2n) is 4.49. The van der Waals surface area contributed by atoms with E-state index >= 15 is 0 Å². The number of benzene rings is 1. The van der Waals surface area contributed by atoms with Gasteiger partial charge in [0.15, 0.2) is 5.84 Å². The Morgan fingerprint density at radius 2 is 2.21 bits per heavy atom. The lowest BCUT2D eigenvalue weighted by Crippen LogP contribution is -2.25. The molecule has 1 aromatic rings. The normalized spacial score (nSPS) is 11.9. The molecule has 0 saturated heterocycles. The molecular formula is C13H20FN3O2. The van der Waals surface area contributed by atoms with E-state index in [4.69, 9.17) is 15.7 Å². The first kappa shape index (κ1) is 15.2. The molecule has 0 bridgehead atoms. The summed E-state index contributed by atoms with van der Waals surface area (Å²) in [5.74, 6) is -0.535. The number of nitrogens with two attached hydrogens (primary N) is 1. The summed E-state index contributed by atoms with van der Waals surface area (Å²) < 4.78 is 19.3. The van der Waals surface area contributed by atoms with Crippen LogP contribution < -0.4 is 10.6 Å². The molecule has 0 fully saturated rings. The maximum Gasteiger partial charge on any atom is 0.170 e. The molecule has 0 radical (unpaired) electrons. The Kier molecular flexibility index (Phi) is 5.57. The highest BCUT2D eigenvalue weighted by atomic mass is 19.1. The van der Waals surface area contributed by atoms with Gasteiger partial charge in [0.25, 0.3) is 0 Å². The molecule has 106 valence electrons. The Morgan fingerprint density at radius 1 is 1.53 bits per heavy atom. The van der Waals surface area contributed by atoms with E-state index in [1.807, 2.05) is 13.8 Å². The van der Waals surface area contributed by atoms with Gasteiger partial charge in [-0.05, 0) is 32.0 Å². The van der Waals surface area contributed by atoms with Crippen LogP contribution in [0.25, 0.3) is 0 Å². The molecule has 6 heteroatoms. The standard InChI is InChI=1S/C13H20FN3O2/c1-9(2)19-7-6-17(3)12-5-4-10(8-11(12)14)13(15)16-18/h4-5,8-9,18H,6-7H2,1-3H3,(H2,15,16). The van der Waals surface area contributed by atoms with Crippen LogP contribution >= 0.6 is 0 Å². The van der Waals surface area contributed by atoms with Gasteiger partial charge in [-0.2, -0.15) is 0 Å². The lowest BCUT2D eigenvalue weighted by atomic mass is 10.1. The molecule has 1 aromatic carbocycles. The number of likely N-dealkylation sites (N-methyl/N-ethyl adjacent to an activating group) is 1. The maximum atomic E-state index is 13.9. The van der Waals surface area contributed by atoms with Crippen LogP contribution in [0, 0.1) is 5.82 Å². The lowest BCUT2D eigenvalue weighted by molar-refractivity contribution is 0.0845. The fourth-order valence-corrected chi connectivity index (χ4v) is 1.58. The second kappa shape index (κ2) is 6.94. The molecule has 1 rings (SSSR count). The molecular weight excluding hydrogens is 249 g/mol. The highest BCUT2D eigenvalue weighted by Gasteiger charge is 2.10. The first-order valence-corrected chi connectivity index (χ1v) is 6.06. The molecule has 0 heterocycles. The minimum atomic E-state index is -0.420. The van der Waals surface area contributed by atoms with Crippen LogP contribution in [-0.2, 0) is 4.74 Å². The number of ether oxygens (including phenoxy) is 1. The van der Waals surface area contributed by atoms with Gasteiger partial charge in [0.1, 0.15) is 5.82 Å². The fourth-order valence-electron chi connectivity index (χ4n) is 1.58. The average Bonchev–Trinajstić information content (AvgIpc) is 2.36. The summed E-state index contributed by atoms with van der Waals surface area (Å²) in [7, 11) is 1.78. The Hall–Kier alpha value is -1.82. The Morgan fingerprint density at radius 3 is 2.74 bits per heavy atom. The van der Waals surface area contributed by atoms with Crippen LogP contribution in [0.5, 0.6) is 0 Å². The topological polar surface area (TPSA) is 71.1 Å². The summed E-state index contributed by atoms with van der Waals surface area (Å²) in [6, 6.07) is 4.44. The van der Waals surface area contributed by atoms with Crippen molar-refractivity contribution in [3.05, 3.63) is 29.6 Å². The lowest BCUT2D eigenvalue weighted by Gasteiger charge is -2.21. The van der Waals surface area contributed by atoms with Crippen molar-refractivity contribution in [3.63, 3.8) is 0 Å². The summed E-state index contributed by atoms with van der Waals surface area (Å²) in [6.45, 7) is 5.01. The van der Waals surface area contributed by atoms with Crippen LogP contribution in [0.1, 0.15) is 19.4 Å². The summed E-state index contributed by atoms with van der Waals surface area (Å²) in [4.78, 5) is 1.76. The highest BCUT2D eigenvalue weighted by Crippen LogP contribution is 2.19. The van der Waals surface area contributed by atoms with E-state index in [1.54, 1.807) is 24.1 Å².